The highest BCUT2D eigenvalue weighted by atomic mass is 32.2. The number of H-pyrrole nitrogens is 1. The van der Waals surface area contributed by atoms with Crippen molar-refractivity contribution < 1.29 is 47.3 Å². The molecule has 1 unspecified atom stereocenters. The molecule has 1 saturated heterocycles. The Morgan fingerprint density at radius 3 is 2.50 bits per heavy atom. The van der Waals surface area contributed by atoms with Gasteiger partial charge in [-0.1, -0.05) is 12.1 Å². The lowest BCUT2D eigenvalue weighted by atomic mass is 10.0. The van der Waals surface area contributed by atoms with Crippen LogP contribution >= 0.6 is 11.8 Å². The Balaban J connectivity index is 0.000000406. The molecule has 0 aliphatic carbocycles. The van der Waals surface area contributed by atoms with Crippen LogP contribution in [0.15, 0.2) is 35.5 Å². The molecule has 3 heterocycles. The smallest absolute Gasteiger partial charge is 0.477 e. The van der Waals surface area contributed by atoms with Crippen LogP contribution in [-0.2, 0) is 23.9 Å². The quantitative estimate of drug-likeness (QED) is 0.350. The summed E-state index contributed by atoms with van der Waals surface area (Å²) in [6, 6.07) is 6.90. The minimum absolute atomic E-state index is 0.104. The maximum Gasteiger partial charge on any atom is 0.490 e. The lowest BCUT2D eigenvalue weighted by molar-refractivity contribution is -0.192. The minimum Gasteiger partial charge on any atom is -0.477 e. The number of halogens is 3. The van der Waals surface area contributed by atoms with E-state index in [4.69, 9.17) is 14.6 Å². The Bertz CT molecular complexity index is 1150. The van der Waals surface area contributed by atoms with Gasteiger partial charge in [0.1, 0.15) is 23.7 Å². The Morgan fingerprint density at radius 2 is 1.94 bits per heavy atom. The molecule has 4 N–H and O–H groups in total. The van der Waals surface area contributed by atoms with Crippen molar-refractivity contribution in [1.29, 1.82) is 0 Å². The van der Waals surface area contributed by atoms with E-state index in [1.54, 1.807) is 0 Å². The number of benzene rings is 1. The largest absolute Gasteiger partial charge is 0.490 e. The number of hydrogen-bond donors (Lipinski definition) is 4. The van der Waals surface area contributed by atoms with Crippen LogP contribution in [0, 0.1) is 0 Å². The number of nitrogens with one attached hydrogen (secondary N) is 2. The van der Waals surface area contributed by atoms with E-state index in [-0.39, 0.29) is 23.6 Å². The number of carbonyl (C=O) groups excluding carboxylic acids is 2. The summed E-state index contributed by atoms with van der Waals surface area (Å²) in [5.74, 6) is -4.00. The Morgan fingerprint density at radius 1 is 1.29 bits per heavy atom. The molecular weight excluding hydrogens is 485 g/mol. The van der Waals surface area contributed by atoms with Crippen molar-refractivity contribution in [3.05, 3.63) is 35.5 Å². The van der Waals surface area contributed by atoms with Crippen LogP contribution < -0.4 is 5.32 Å². The van der Waals surface area contributed by atoms with Gasteiger partial charge in [-0.15, -0.1) is 11.8 Å². The van der Waals surface area contributed by atoms with Gasteiger partial charge >= 0.3 is 24.1 Å². The molecule has 2 aromatic rings. The third kappa shape index (κ3) is 5.24. The number of ether oxygens (including phenoxy) is 1. The average Bonchev–Trinajstić information content (AvgIpc) is 3.17. The van der Waals surface area contributed by atoms with Crippen LogP contribution in [-0.4, -0.2) is 78.8 Å². The number of carbonyl (C=O) groups is 4. The molecule has 15 heteroatoms. The van der Waals surface area contributed by atoms with Crippen molar-refractivity contribution in [2.75, 3.05) is 17.7 Å². The second-order valence-corrected chi connectivity index (χ2v) is 8.08. The fraction of sp³-hybridized carbons (Fsp3) is 0.316. The van der Waals surface area contributed by atoms with Crippen molar-refractivity contribution in [3.8, 4) is 0 Å². The molecule has 1 amide bonds. The fourth-order valence-corrected chi connectivity index (χ4v) is 4.48. The first-order chi connectivity index (χ1) is 15.9. The summed E-state index contributed by atoms with van der Waals surface area (Å²) in [6.45, 7) is 1.12. The van der Waals surface area contributed by atoms with Crippen LogP contribution in [0.2, 0.25) is 0 Å². The second-order valence-electron chi connectivity index (χ2n) is 6.97. The van der Waals surface area contributed by atoms with Crippen LogP contribution in [0.1, 0.15) is 6.92 Å². The first kappa shape index (κ1) is 24.9. The molecule has 11 nitrogen and oxygen atoms in total. The molecule has 0 spiro atoms. The van der Waals surface area contributed by atoms with Crippen LogP contribution in [0.25, 0.3) is 11.0 Å². The summed E-state index contributed by atoms with van der Waals surface area (Å²) in [5.41, 5.74) is 1.92. The number of aromatic amines is 1. The molecule has 182 valence electrons. The number of aromatic nitrogens is 2. The molecule has 1 aromatic heterocycles. The number of fused-ring (bicyclic) bond motifs is 2. The van der Waals surface area contributed by atoms with Crippen molar-refractivity contribution >= 4 is 52.6 Å². The topological polar surface area (TPSA) is 162 Å². The number of esters is 1. The summed E-state index contributed by atoms with van der Waals surface area (Å²) in [5, 5.41) is 19.4. The summed E-state index contributed by atoms with van der Waals surface area (Å²) in [4.78, 5) is 53.0. The standard InChI is InChI=1S/C17H16N4O5S.C2HF3O2/c1-8(22)26-6-9-7-27-15-12(14(23)21(15)13(9)16(24)25)20-17-18-10-4-2-3-5-11(10)19-17;3-2(4,5)1(6)7/h2-5,12,15H,6-7H2,1H3,(H,24,25)(H2,18,19,20);(H,6,7)/t12?,15-;/m1./s1. The number of nitrogens with zero attached hydrogens (tertiary/aromatic N) is 2. The Kier molecular flexibility index (Phi) is 7.04. The third-order valence-electron chi connectivity index (χ3n) is 4.62. The molecule has 0 radical (unpaired) electrons. The van der Waals surface area contributed by atoms with Gasteiger partial charge in [0.15, 0.2) is 0 Å². The van der Waals surface area contributed by atoms with Gasteiger partial charge in [-0.25, -0.2) is 14.6 Å². The average molecular weight is 502 g/mol. The van der Waals surface area contributed by atoms with Crippen molar-refractivity contribution in [2.45, 2.75) is 24.5 Å². The zero-order valence-electron chi connectivity index (χ0n) is 17.3. The number of alkyl halides is 3. The number of anilines is 1. The predicted molar refractivity (Wildman–Crippen MR) is 112 cm³/mol. The number of rotatable bonds is 5. The molecule has 2 aliphatic heterocycles. The first-order valence-corrected chi connectivity index (χ1v) is 10.5. The van der Waals surface area contributed by atoms with Crippen molar-refractivity contribution in [3.63, 3.8) is 0 Å². The molecule has 2 atom stereocenters. The van der Waals surface area contributed by atoms with Gasteiger partial charge in [-0.05, 0) is 12.1 Å². The Labute approximate surface area is 193 Å². The molecule has 0 bridgehead atoms. The monoisotopic (exact) mass is 502 g/mol. The summed E-state index contributed by atoms with van der Waals surface area (Å²) < 4.78 is 36.7. The van der Waals surface area contributed by atoms with E-state index in [9.17, 15) is 32.7 Å². The SMILES string of the molecule is CC(=O)OCC1=C(C(=O)O)N2C(=O)C(Nc3nc4ccccc4[nH]3)[C@H]2SC1.O=C(O)C(F)(F)F. The normalized spacial score (nSPS) is 19.5. The lowest BCUT2D eigenvalue weighted by Crippen LogP contribution is -2.67. The van der Waals surface area contributed by atoms with Gasteiger partial charge in [0, 0.05) is 18.2 Å². The van der Waals surface area contributed by atoms with Gasteiger partial charge in [0.25, 0.3) is 5.91 Å². The number of para-hydroxylation sites is 2. The zero-order chi connectivity index (χ0) is 25.2. The molecule has 34 heavy (non-hydrogen) atoms. The van der Waals surface area contributed by atoms with Crippen LogP contribution in [0.5, 0.6) is 0 Å². The van der Waals surface area contributed by atoms with Gasteiger partial charge in [-0.3, -0.25) is 14.5 Å². The number of β-lactam (4-membered cyclic amide) rings is 1. The van der Waals surface area contributed by atoms with Gasteiger partial charge in [0.05, 0.1) is 11.0 Å². The van der Waals surface area contributed by atoms with Gasteiger partial charge < -0.3 is 25.3 Å². The Hall–Kier alpha value is -3.75. The molecule has 1 fully saturated rings. The van der Waals surface area contributed by atoms with Gasteiger partial charge in [0.2, 0.25) is 5.95 Å². The van der Waals surface area contributed by atoms with Crippen molar-refractivity contribution in [2.24, 2.45) is 0 Å². The van der Waals surface area contributed by atoms with E-state index in [0.29, 0.717) is 17.3 Å². The summed E-state index contributed by atoms with van der Waals surface area (Å²) >= 11 is 1.42. The molecule has 4 rings (SSSR count). The highest BCUT2D eigenvalue weighted by Gasteiger charge is 2.54. The van der Waals surface area contributed by atoms with E-state index >= 15 is 0 Å². The van der Waals surface area contributed by atoms with E-state index < -0.39 is 30.1 Å². The number of imidazole rings is 1. The second kappa shape index (κ2) is 9.62. The van der Waals surface area contributed by atoms with Crippen LogP contribution in [0.3, 0.4) is 0 Å². The first-order valence-electron chi connectivity index (χ1n) is 9.45. The predicted octanol–water partition coefficient (Wildman–Crippen LogP) is 1.79. The van der Waals surface area contributed by atoms with Crippen molar-refractivity contribution in [1.82, 2.24) is 14.9 Å². The fourth-order valence-electron chi connectivity index (χ4n) is 3.15. The van der Waals surface area contributed by atoms with E-state index in [1.165, 1.54) is 23.6 Å². The van der Waals surface area contributed by atoms with E-state index in [2.05, 4.69) is 15.3 Å². The third-order valence-corrected chi connectivity index (χ3v) is 5.96. The minimum atomic E-state index is -5.08. The number of carboxylic acid groups (broad SMARTS) is 2. The maximum atomic E-state index is 12.6. The lowest BCUT2D eigenvalue weighted by Gasteiger charge is -2.49. The number of hydrogen-bond acceptors (Lipinski definition) is 8. The van der Waals surface area contributed by atoms with Gasteiger partial charge in [-0.2, -0.15) is 13.2 Å². The highest BCUT2D eigenvalue weighted by Crippen LogP contribution is 2.41. The number of thioether (sulfide) groups is 1. The summed E-state index contributed by atoms with van der Waals surface area (Å²) in [6.07, 6.45) is -5.08. The molecule has 0 saturated carbocycles. The highest BCUT2D eigenvalue weighted by molar-refractivity contribution is 8.00. The number of amides is 1. The maximum absolute atomic E-state index is 12.6. The molecular formula is C19H17F3N4O7S. The number of carboxylic acids is 2. The van der Waals surface area contributed by atoms with Crippen LogP contribution in [0.4, 0.5) is 19.1 Å². The van der Waals surface area contributed by atoms with E-state index in [0.717, 1.165) is 11.0 Å². The summed E-state index contributed by atoms with van der Waals surface area (Å²) in [7, 11) is 0. The molecule has 2 aliphatic rings. The molecule has 1 aromatic carbocycles. The number of aliphatic carboxylic acids is 2. The van der Waals surface area contributed by atoms with E-state index in [1.807, 2.05) is 24.3 Å². The zero-order valence-corrected chi connectivity index (χ0v) is 18.1.